The van der Waals surface area contributed by atoms with Gasteiger partial charge in [-0.2, -0.15) is 0 Å². The number of alkyl carbamates (subject to hydrolysis) is 1. The van der Waals surface area contributed by atoms with E-state index >= 15 is 0 Å². The number of rotatable bonds is 8. The van der Waals surface area contributed by atoms with E-state index in [9.17, 15) is 4.79 Å². The molecule has 0 saturated heterocycles. The number of carbonyl (C=O) groups is 1. The highest BCUT2D eigenvalue weighted by atomic mass is 16.5. The summed E-state index contributed by atoms with van der Waals surface area (Å²) in [4.78, 5) is 11.4. The highest BCUT2D eigenvalue weighted by molar-refractivity contribution is 5.67. The van der Waals surface area contributed by atoms with Crippen molar-refractivity contribution in [3.63, 3.8) is 0 Å². The predicted molar refractivity (Wildman–Crippen MR) is 84.4 cm³/mol. The first-order valence-electron chi connectivity index (χ1n) is 7.47. The molecule has 0 rings (SSSR count). The second kappa shape index (κ2) is 11.4. The van der Waals surface area contributed by atoms with Crippen LogP contribution in [-0.2, 0) is 4.74 Å². The Morgan fingerprint density at radius 2 is 1.95 bits per heavy atom. The Labute approximate surface area is 124 Å². The monoisotopic (exact) mass is 279 g/mol. The first-order valence-corrected chi connectivity index (χ1v) is 7.47. The van der Waals surface area contributed by atoms with Gasteiger partial charge in [0.05, 0.1) is 6.54 Å². The molecule has 0 spiro atoms. The van der Waals surface area contributed by atoms with E-state index in [4.69, 9.17) is 4.74 Å². The third-order valence-corrected chi connectivity index (χ3v) is 2.68. The van der Waals surface area contributed by atoms with Gasteiger partial charge >= 0.3 is 6.09 Å². The van der Waals surface area contributed by atoms with E-state index in [2.05, 4.69) is 37.6 Å². The van der Waals surface area contributed by atoms with Crippen LogP contribution in [0.15, 0.2) is 12.2 Å². The van der Waals surface area contributed by atoms with E-state index < -0.39 is 6.09 Å². The molecule has 3 nitrogen and oxygen atoms in total. The van der Waals surface area contributed by atoms with Crippen molar-refractivity contribution in [1.29, 1.82) is 0 Å². The molecule has 1 N–H and O–H groups in total. The van der Waals surface area contributed by atoms with Crippen molar-refractivity contribution < 1.29 is 9.53 Å². The Morgan fingerprint density at radius 3 is 2.55 bits per heavy atom. The van der Waals surface area contributed by atoms with Crippen molar-refractivity contribution >= 4 is 6.09 Å². The summed E-state index contributed by atoms with van der Waals surface area (Å²) in [6, 6.07) is 0. The number of carbonyl (C=O) groups excluding carboxylic acids is 1. The van der Waals surface area contributed by atoms with E-state index in [1.54, 1.807) is 0 Å². The fraction of sp³-hybridized carbons (Fsp3) is 0.706. The molecule has 0 atom stereocenters. The highest BCUT2D eigenvalue weighted by Crippen LogP contribution is 2.11. The zero-order valence-corrected chi connectivity index (χ0v) is 13.4. The highest BCUT2D eigenvalue weighted by Gasteiger charge is 2.02. The number of ether oxygens (including phenoxy) is 1. The van der Waals surface area contributed by atoms with Crippen LogP contribution in [0.1, 0.15) is 53.4 Å². The third kappa shape index (κ3) is 13.0. The molecule has 0 radical (unpaired) electrons. The fourth-order valence-electron chi connectivity index (χ4n) is 1.59. The second-order valence-corrected chi connectivity index (χ2v) is 5.80. The topological polar surface area (TPSA) is 38.3 Å². The van der Waals surface area contributed by atoms with Crippen LogP contribution in [0.25, 0.3) is 0 Å². The van der Waals surface area contributed by atoms with Gasteiger partial charge in [0, 0.05) is 5.92 Å². The van der Waals surface area contributed by atoms with Crippen LogP contribution in [0.2, 0.25) is 0 Å². The van der Waals surface area contributed by atoms with Crippen LogP contribution in [0.4, 0.5) is 4.79 Å². The molecule has 0 aliphatic rings. The molecular formula is C17H29NO2. The molecule has 1 amide bonds. The second-order valence-electron chi connectivity index (χ2n) is 5.80. The van der Waals surface area contributed by atoms with Gasteiger partial charge in [-0.1, -0.05) is 59.0 Å². The maximum atomic E-state index is 11.4. The van der Waals surface area contributed by atoms with Crippen molar-refractivity contribution in [2.24, 2.45) is 11.8 Å². The number of unbranched alkanes of at least 4 members (excludes halogenated alkanes) is 1. The smallest absolute Gasteiger partial charge is 0.408 e. The number of hydrogen-bond donors (Lipinski definition) is 1. The van der Waals surface area contributed by atoms with E-state index in [0.717, 1.165) is 24.3 Å². The fourth-order valence-corrected chi connectivity index (χ4v) is 1.59. The van der Waals surface area contributed by atoms with Crippen molar-refractivity contribution in [3.05, 3.63) is 12.2 Å². The quantitative estimate of drug-likeness (QED) is 0.412. The summed E-state index contributed by atoms with van der Waals surface area (Å²) in [5.74, 6) is 6.91. The molecule has 114 valence electrons. The van der Waals surface area contributed by atoms with Crippen molar-refractivity contribution in [2.75, 3.05) is 13.2 Å². The van der Waals surface area contributed by atoms with Gasteiger partial charge in [0.1, 0.15) is 6.61 Å². The lowest BCUT2D eigenvalue weighted by atomic mass is 10.0. The molecule has 0 aromatic carbocycles. The van der Waals surface area contributed by atoms with Crippen LogP contribution >= 0.6 is 0 Å². The Hall–Kier alpha value is -1.43. The summed E-state index contributed by atoms with van der Waals surface area (Å²) in [5, 5.41) is 2.60. The Kier molecular flexibility index (Phi) is 10.6. The third-order valence-electron chi connectivity index (χ3n) is 2.68. The lowest BCUT2D eigenvalue weighted by Gasteiger charge is -2.08. The van der Waals surface area contributed by atoms with Gasteiger partial charge in [-0.15, -0.1) is 0 Å². The van der Waals surface area contributed by atoms with Gasteiger partial charge in [-0.3, -0.25) is 0 Å². The van der Waals surface area contributed by atoms with Gasteiger partial charge in [0.25, 0.3) is 0 Å². The molecular weight excluding hydrogens is 250 g/mol. The average molecular weight is 279 g/mol. The SMILES string of the molecule is C=C(CCCCC(C)C)COC(=O)NCC#CC(C)C. The summed E-state index contributed by atoms with van der Waals surface area (Å²) in [5.41, 5.74) is 0.970. The summed E-state index contributed by atoms with van der Waals surface area (Å²) < 4.78 is 5.07. The molecule has 0 aliphatic carbocycles. The minimum Gasteiger partial charge on any atom is -0.445 e. The Bertz CT molecular complexity index is 348. The van der Waals surface area contributed by atoms with Gasteiger partial charge in [0.15, 0.2) is 0 Å². The number of amides is 1. The molecule has 0 unspecified atom stereocenters. The van der Waals surface area contributed by atoms with E-state index in [0.29, 0.717) is 19.1 Å². The summed E-state index contributed by atoms with van der Waals surface area (Å²) in [6.45, 7) is 13.0. The predicted octanol–water partition coefficient (Wildman–Crippen LogP) is 4.14. The average Bonchev–Trinajstić information content (AvgIpc) is 2.37. The number of hydrogen-bond acceptors (Lipinski definition) is 2. The van der Waals surface area contributed by atoms with Crippen molar-refractivity contribution in [2.45, 2.75) is 53.4 Å². The maximum Gasteiger partial charge on any atom is 0.408 e. The molecule has 0 aliphatic heterocycles. The maximum absolute atomic E-state index is 11.4. The standard InChI is InChI=1S/C17H29NO2/c1-14(2)9-6-7-11-16(5)13-20-17(19)18-12-8-10-15(3)4/h14-15H,5-7,9,11-13H2,1-4H3,(H,18,19). The summed E-state index contributed by atoms with van der Waals surface area (Å²) in [7, 11) is 0. The Balaban J connectivity index is 3.59. The van der Waals surface area contributed by atoms with Gasteiger partial charge in [-0.05, 0) is 24.3 Å². The molecule has 3 heteroatoms. The van der Waals surface area contributed by atoms with Gasteiger partial charge < -0.3 is 10.1 Å². The zero-order valence-electron chi connectivity index (χ0n) is 13.4. The molecule has 0 heterocycles. The summed E-state index contributed by atoms with van der Waals surface area (Å²) >= 11 is 0. The van der Waals surface area contributed by atoms with Gasteiger partial charge in [0.2, 0.25) is 0 Å². The Morgan fingerprint density at radius 1 is 1.25 bits per heavy atom. The number of nitrogens with one attached hydrogen (secondary N) is 1. The van der Waals surface area contributed by atoms with Crippen molar-refractivity contribution in [3.8, 4) is 11.8 Å². The van der Waals surface area contributed by atoms with Crippen LogP contribution < -0.4 is 5.32 Å². The molecule has 0 saturated carbocycles. The first kappa shape index (κ1) is 18.6. The minimum atomic E-state index is -0.425. The summed E-state index contributed by atoms with van der Waals surface area (Å²) in [6.07, 6.45) is 4.05. The first-order chi connectivity index (χ1) is 9.41. The molecule has 0 aromatic rings. The van der Waals surface area contributed by atoms with Crippen LogP contribution in [0, 0.1) is 23.7 Å². The largest absolute Gasteiger partial charge is 0.445 e. The normalized spacial score (nSPS) is 10.1. The minimum absolute atomic E-state index is 0.297. The van der Waals surface area contributed by atoms with Crippen molar-refractivity contribution in [1.82, 2.24) is 5.32 Å². The zero-order chi connectivity index (χ0) is 15.4. The molecule has 0 fully saturated rings. The lowest BCUT2D eigenvalue weighted by Crippen LogP contribution is -2.25. The molecule has 0 aromatic heterocycles. The molecule has 20 heavy (non-hydrogen) atoms. The lowest BCUT2D eigenvalue weighted by molar-refractivity contribution is 0.156. The van der Waals surface area contributed by atoms with Gasteiger partial charge in [-0.25, -0.2) is 4.79 Å². The van der Waals surface area contributed by atoms with E-state index in [1.165, 1.54) is 12.8 Å². The van der Waals surface area contributed by atoms with Crippen LogP contribution in [0.5, 0.6) is 0 Å². The van der Waals surface area contributed by atoms with Crippen LogP contribution in [-0.4, -0.2) is 19.2 Å². The van der Waals surface area contributed by atoms with E-state index in [1.807, 2.05) is 13.8 Å². The van der Waals surface area contributed by atoms with E-state index in [-0.39, 0.29) is 0 Å². The molecule has 0 bridgehead atoms. The van der Waals surface area contributed by atoms with Crippen LogP contribution in [0.3, 0.4) is 0 Å².